The number of hydrogen-bond donors (Lipinski definition) is 0. The number of fused-ring (bicyclic) bond motifs is 4. The van der Waals surface area contributed by atoms with Crippen LogP contribution in [0.1, 0.15) is 18.5 Å². The Balaban J connectivity index is 1.76. The molecule has 2 atom stereocenters. The molecule has 0 aliphatic carbocycles. The molecular formula is C15H25N5O3S. The summed E-state index contributed by atoms with van der Waals surface area (Å²) in [6.45, 7) is 3.62. The van der Waals surface area contributed by atoms with Gasteiger partial charge in [0.25, 0.3) is 10.2 Å². The van der Waals surface area contributed by atoms with Crippen LogP contribution >= 0.6 is 0 Å². The van der Waals surface area contributed by atoms with E-state index in [-0.39, 0.29) is 24.4 Å². The molecule has 4 heterocycles. The molecule has 24 heavy (non-hydrogen) atoms. The molecule has 3 aliphatic rings. The van der Waals surface area contributed by atoms with E-state index >= 15 is 0 Å². The highest BCUT2D eigenvalue weighted by molar-refractivity contribution is 7.86. The molecule has 3 fully saturated rings. The van der Waals surface area contributed by atoms with E-state index in [4.69, 9.17) is 0 Å². The molecule has 0 saturated carbocycles. The first-order valence-electron chi connectivity index (χ1n) is 8.24. The second-order valence-electron chi connectivity index (χ2n) is 6.88. The molecule has 0 N–H and O–H groups in total. The van der Waals surface area contributed by atoms with Gasteiger partial charge in [-0.2, -0.15) is 22.1 Å². The summed E-state index contributed by atoms with van der Waals surface area (Å²) in [7, 11) is -0.349. The van der Waals surface area contributed by atoms with Crippen molar-refractivity contribution < 1.29 is 13.2 Å². The topological polar surface area (TPSA) is 78.8 Å². The summed E-state index contributed by atoms with van der Waals surface area (Å²) >= 11 is 0. The number of aromatic nitrogens is 2. The van der Waals surface area contributed by atoms with Crippen molar-refractivity contribution in [1.29, 1.82) is 0 Å². The quantitative estimate of drug-likeness (QED) is 0.757. The van der Waals surface area contributed by atoms with Gasteiger partial charge < -0.3 is 4.90 Å². The van der Waals surface area contributed by atoms with Crippen molar-refractivity contribution >= 4 is 16.1 Å². The Morgan fingerprint density at radius 1 is 1.29 bits per heavy atom. The smallest absolute Gasteiger partial charge is 0.281 e. The molecular weight excluding hydrogens is 330 g/mol. The molecule has 2 bridgehead atoms. The Morgan fingerprint density at radius 2 is 2.04 bits per heavy atom. The molecule has 0 radical (unpaired) electrons. The fourth-order valence-corrected chi connectivity index (χ4v) is 4.77. The van der Waals surface area contributed by atoms with Gasteiger partial charge in [-0.1, -0.05) is 0 Å². The van der Waals surface area contributed by atoms with Crippen molar-refractivity contribution in [2.45, 2.75) is 32.4 Å². The molecule has 0 spiro atoms. The van der Waals surface area contributed by atoms with Crippen molar-refractivity contribution in [3.05, 3.63) is 18.0 Å². The van der Waals surface area contributed by atoms with Crippen molar-refractivity contribution in [2.24, 2.45) is 5.92 Å². The summed E-state index contributed by atoms with van der Waals surface area (Å²) < 4.78 is 29.4. The minimum atomic E-state index is -3.44. The number of carbonyl (C=O) groups is 1. The second kappa shape index (κ2) is 6.45. The molecule has 3 aliphatic heterocycles. The summed E-state index contributed by atoms with van der Waals surface area (Å²) in [5.74, 6) is 0.210. The van der Waals surface area contributed by atoms with Gasteiger partial charge in [-0.25, -0.2) is 0 Å². The van der Waals surface area contributed by atoms with Crippen molar-refractivity contribution in [1.82, 2.24) is 23.3 Å². The lowest BCUT2D eigenvalue weighted by Gasteiger charge is -2.36. The molecule has 9 heteroatoms. The van der Waals surface area contributed by atoms with Gasteiger partial charge in [0.1, 0.15) is 6.54 Å². The Hall–Kier alpha value is -1.45. The average Bonchev–Trinajstić information content (AvgIpc) is 2.76. The van der Waals surface area contributed by atoms with Gasteiger partial charge in [0, 0.05) is 51.7 Å². The van der Waals surface area contributed by atoms with E-state index in [1.54, 1.807) is 25.0 Å². The van der Waals surface area contributed by atoms with Crippen molar-refractivity contribution in [3.63, 3.8) is 0 Å². The fraction of sp³-hybridized carbons (Fsp3) is 0.733. The monoisotopic (exact) mass is 355 g/mol. The maximum atomic E-state index is 12.7. The maximum Gasteiger partial charge on any atom is 0.281 e. The first kappa shape index (κ1) is 17.4. The Morgan fingerprint density at radius 3 is 2.67 bits per heavy atom. The minimum absolute atomic E-state index is 0.0144. The van der Waals surface area contributed by atoms with E-state index in [0.717, 1.165) is 18.5 Å². The number of rotatable bonds is 4. The summed E-state index contributed by atoms with van der Waals surface area (Å²) in [6.07, 6.45) is 3.51. The highest BCUT2D eigenvalue weighted by Gasteiger charge is 2.41. The molecule has 3 saturated heterocycles. The molecule has 4 rings (SSSR count). The van der Waals surface area contributed by atoms with E-state index in [1.165, 1.54) is 8.61 Å². The molecule has 1 aromatic rings. The summed E-state index contributed by atoms with van der Waals surface area (Å²) in [5.41, 5.74) is 0.945. The lowest BCUT2D eigenvalue weighted by Crippen LogP contribution is -2.49. The van der Waals surface area contributed by atoms with Gasteiger partial charge in [-0.15, -0.1) is 0 Å². The van der Waals surface area contributed by atoms with E-state index < -0.39 is 10.2 Å². The molecule has 1 aromatic heterocycles. The molecule has 134 valence electrons. The predicted octanol–water partition coefficient (Wildman–Crippen LogP) is -0.0793. The van der Waals surface area contributed by atoms with Crippen LogP contribution in [0.15, 0.2) is 12.3 Å². The number of hydrogen-bond acceptors (Lipinski definition) is 4. The number of piperidine rings is 1. The maximum absolute atomic E-state index is 12.7. The van der Waals surface area contributed by atoms with Gasteiger partial charge >= 0.3 is 0 Å². The Labute approximate surface area is 143 Å². The van der Waals surface area contributed by atoms with Gasteiger partial charge in [-0.05, 0) is 31.7 Å². The highest BCUT2D eigenvalue weighted by Crippen LogP contribution is 2.30. The third kappa shape index (κ3) is 3.20. The lowest BCUT2D eigenvalue weighted by atomic mass is 9.95. The van der Waals surface area contributed by atoms with Gasteiger partial charge in [-0.3, -0.25) is 9.48 Å². The first-order valence-corrected chi connectivity index (χ1v) is 9.64. The van der Waals surface area contributed by atoms with Crippen molar-refractivity contribution in [3.8, 4) is 0 Å². The molecule has 0 aromatic carbocycles. The highest BCUT2D eigenvalue weighted by atomic mass is 32.2. The zero-order valence-electron chi connectivity index (χ0n) is 14.4. The summed E-state index contributed by atoms with van der Waals surface area (Å²) in [5, 5.41) is 4.17. The molecule has 1 amide bonds. The third-order valence-electron chi connectivity index (χ3n) is 5.00. The van der Waals surface area contributed by atoms with Crippen LogP contribution in [0.25, 0.3) is 0 Å². The van der Waals surface area contributed by atoms with Crippen LogP contribution in [0.4, 0.5) is 0 Å². The zero-order chi connectivity index (χ0) is 17.5. The number of nitrogens with zero attached hydrogens (tertiary/aromatic N) is 5. The number of amides is 1. The Bertz CT molecular complexity index is 714. The van der Waals surface area contributed by atoms with Crippen LogP contribution in [0, 0.1) is 12.8 Å². The summed E-state index contributed by atoms with van der Waals surface area (Å²) in [4.78, 5) is 14.6. The van der Waals surface area contributed by atoms with Crippen LogP contribution in [-0.4, -0.2) is 77.4 Å². The van der Waals surface area contributed by atoms with Crippen LogP contribution in [0.5, 0.6) is 0 Å². The number of aryl methyl sites for hydroxylation is 1. The van der Waals surface area contributed by atoms with E-state index in [0.29, 0.717) is 19.6 Å². The van der Waals surface area contributed by atoms with Crippen molar-refractivity contribution in [2.75, 3.05) is 33.7 Å². The average molecular weight is 355 g/mol. The van der Waals surface area contributed by atoms with Crippen LogP contribution in [0.2, 0.25) is 0 Å². The van der Waals surface area contributed by atoms with Crippen LogP contribution < -0.4 is 0 Å². The van der Waals surface area contributed by atoms with Gasteiger partial charge in [0.2, 0.25) is 5.91 Å². The largest absolute Gasteiger partial charge is 0.336 e. The normalized spacial score (nSPS) is 25.2. The van der Waals surface area contributed by atoms with E-state index in [2.05, 4.69) is 5.10 Å². The van der Waals surface area contributed by atoms with Gasteiger partial charge in [0.15, 0.2) is 0 Å². The Kier molecular flexibility index (Phi) is 4.67. The molecule has 2 unspecified atom stereocenters. The predicted molar refractivity (Wildman–Crippen MR) is 89.4 cm³/mol. The lowest BCUT2D eigenvalue weighted by molar-refractivity contribution is -0.136. The fourth-order valence-electron chi connectivity index (χ4n) is 3.55. The van der Waals surface area contributed by atoms with Gasteiger partial charge in [0.05, 0.1) is 0 Å². The zero-order valence-corrected chi connectivity index (χ0v) is 15.2. The molecule has 8 nitrogen and oxygen atoms in total. The number of carbonyl (C=O) groups excluding carboxylic acids is 1. The second-order valence-corrected chi connectivity index (χ2v) is 9.02. The van der Waals surface area contributed by atoms with Crippen LogP contribution in [0.3, 0.4) is 0 Å². The summed E-state index contributed by atoms with van der Waals surface area (Å²) in [6, 6.07) is 1.81. The SMILES string of the molecule is Cc1ccnn1CC(=O)N1CC2CCC1CN(S(=O)(=O)N(C)C)C2. The third-order valence-corrected chi connectivity index (χ3v) is 6.88. The standard InChI is InChI=1S/C15H25N5O3S/c1-12-6-7-16-20(12)11-15(21)19-9-13-4-5-14(19)10-18(8-13)24(22,23)17(2)3/h6-7,13-14H,4-5,8-11H2,1-3H3. The minimum Gasteiger partial charge on any atom is -0.336 e. The van der Waals surface area contributed by atoms with E-state index in [9.17, 15) is 13.2 Å². The van der Waals surface area contributed by atoms with E-state index in [1.807, 2.05) is 17.9 Å². The van der Waals surface area contributed by atoms with Crippen LogP contribution in [-0.2, 0) is 21.5 Å². The first-order chi connectivity index (χ1) is 11.3.